The highest BCUT2D eigenvalue weighted by atomic mass is 16.8. The van der Waals surface area contributed by atoms with E-state index >= 15 is 0 Å². The molecule has 0 bridgehead atoms. The molecule has 32 heavy (non-hydrogen) atoms. The van der Waals surface area contributed by atoms with Gasteiger partial charge in [-0.15, -0.1) is 0 Å². The highest BCUT2D eigenvalue weighted by Gasteiger charge is 2.62. The standard InChI is InChI=1S/C23H34N2O7/c1-22(2,3)32-21(28)25-16(13-29-12-14-9-7-6-8-10-14)18-19(31-23(4,5)30-18)17(25)15(11-26)20(24)27/h6-10,15-19,26H,11-13H2,1-5H3,(H2,24,27). The third kappa shape index (κ3) is 5.40. The van der Waals surface area contributed by atoms with Gasteiger partial charge < -0.3 is 29.8 Å². The summed E-state index contributed by atoms with van der Waals surface area (Å²) in [4.78, 5) is 26.8. The minimum Gasteiger partial charge on any atom is -0.444 e. The maximum Gasteiger partial charge on any atom is 0.411 e. The molecule has 2 amide bonds. The number of nitrogens with two attached hydrogens (primary N) is 1. The van der Waals surface area contributed by atoms with Crippen LogP contribution in [0.25, 0.3) is 0 Å². The fraction of sp³-hybridized carbons (Fsp3) is 0.652. The average molecular weight is 451 g/mol. The summed E-state index contributed by atoms with van der Waals surface area (Å²) in [5, 5.41) is 9.94. The molecule has 2 saturated heterocycles. The molecule has 9 nitrogen and oxygen atoms in total. The van der Waals surface area contributed by atoms with Crippen LogP contribution in [0, 0.1) is 5.92 Å². The van der Waals surface area contributed by atoms with Crippen molar-refractivity contribution in [1.29, 1.82) is 0 Å². The molecule has 0 aromatic heterocycles. The lowest BCUT2D eigenvalue weighted by atomic mass is 9.94. The Labute approximate surface area is 188 Å². The fourth-order valence-electron chi connectivity index (χ4n) is 4.32. The molecular weight excluding hydrogens is 416 g/mol. The van der Waals surface area contributed by atoms with Crippen molar-refractivity contribution in [2.45, 2.75) is 76.9 Å². The van der Waals surface area contributed by atoms with E-state index in [0.717, 1.165) is 5.56 Å². The summed E-state index contributed by atoms with van der Waals surface area (Å²) in [6.45, 7) is 8.72. The second-order valence-corrected chi connectivity index (χ2v) is 9.70. The first-order valence-electron chi connectivity index (χ1n) is 10.8. The molecule has 2 fully saturated rings. The highest BCUT2D eigenvalue weighted by Crippen LogP contribution is 2.43. The van der Waals surface area contributed by atoms with Crippen LogP contribution in [0.5, 0.6) is 0 Å². The number of nitrogens with zero attached hydrogens (tertiary/aromatic N) is 1. The average Bonchev–Trinajstić information content (AvgIpc) is 3.13. The van der Waals surface area contributed by atoms with Gasteiger partial charge in [-0.05, 0) is 40.2 Å². The van der Waals surface area contributed by atoms with Gasteiger partial charge in [0, 0.05) is 0 Å². The number of aliphatic hydroxyl groups excluding tert-OH is 1. The maximum absolute atomic E-state index is 13.3. The Hall–Kier alpha value is -2.20. The zero-order valence-electron chi connectivity index (χ0n) is 19.3. The molecule has 0 radical (unpaired) electrons. The first kappa shape index (κ1) is 24.4. The number of likely N-dealkylation sites (tertiary alicyclic amines) is 1. The Bertz CT molecular complexity index is 808. The molecule has 178 valence electrons. The van der Waals surface area contributed by atoms with E-state index in [4.69, 9.17) is 24.7 Å². The fourth-order valence-corrected chi connectivity index (χ4v) is 4.32. The molecule has 1 aromatic rings. The molecule has 5 atom stereocenters. The molecule has 3 rings (SSSR count). The molecule has 0 aliphatic carbocycles. The second kappa shape index (κ2) is 9.35. The molecule has 1 aromatic carbocycles. The van der Waals surface area contributed by atoms with E-state index in [0.29, 0.717) is 6.61 Å². The number of rotatable bonds is 7. The Morgan fingerprint density at radius 3 is 2.38 bits per heavy atom. The number of amides is 2. The van der Waals surface area contributed by atoms with Crippen LogP contribution in [0.15, 0.2) is 30.3 Å². The number of ether oxygens (including phenoxy) is 4. The Balaban J connectivity index is 1.91. The van der Waals surface area contributed by atoms with Crippen LogP contribution in [-0.2, 0) is 30.3 Å². The third-order valence-electron chi connectivity index (χ3n) is 5.54. The number of hydrogen-bond donors (Lipinski definition) is 2. The molecule has 3 N–H and O–H groups in total. The van der Waals surface area contributed by atoms with Crippen molar-refractivity contribution in [2.75, 3.05) is 13.2 Å². The predicted molar refractivity (Wildman–Crippen MR) is 115 cm³/mol. The van der Waals surface area contributed by atoms with Crippen LogP contribution in [0.1, 0.15) is 40.2 Å². The Kier molecular flexibility index (Phi) is 7.14. The Morgan fingerprint density at radius 2 is 1.81 bits per heavy atom. The smallest absolute Gasteiger partial charge is 0.411 e. The third-order valence-corrected chi connectivity index (χ3v) is 5.54. The van der Waals surface area contributed by atoms with Crippen LogP contribution in [0.3, 0.4) is 0 Å². The quantitative estimate of drug-likeness (QED) is 0.650. The summed E-state index contributed by atoms with van der Waals surface area (Å²) in [7, 11) is 0. The monoisotopic (exact) mass is 450 g/mol. The lowest BCUT2D eigenvalue weighted by molar-refractivity contribution is -0.174. The SMILES string of the molecule is CC(C)(C)OC(=O)N1C(COCc2ccccc2)C2OC(C)(C)OC2C1C(CO)C(N)=O. The number of carbonyl (C=O) groups is 2. The van der Waals surface area contributed by atoms with Crippen LogP contribution in [-0.4, -0.2) is 70.9 Å². The van der Waals surface area contributed by atoms with Gasteiger partial charge in [0.05, 0.1) is 37.8 Å². The van der Waals surface area contributed by atoms with Gasteiger partial charge in [0.1, 0.15) is 17.8 Å². The molecule has 2 heterocycles. The van der Waals surface area contributed by atoms with Crippen LogP contribution >= 0.6 is 0 Å². The molecular formula is C23H34N2O7. The van der Waals surface area contributed by atoms with E-state index in [1.807, 2.05) is 30.3 Å². The normalized spacial score (nSPS) is 27.8. The topological polar surface area (TPSA) is 121 Å². The number of aliphatic hydroxyl groups is 1. The minimum absolute atomic E-state index is 0.127. The van der Waals surface area contributed by atoms with Gasteiger partial charge in [0.2, 0.25) is 5.91 Å². The molecule has 2 aliphatic rings. The molecule has 9 heteroatoms. The van der Waals surface area contributed by atoms with Crippen molar-refractivity contribution >= 4 is 12.0 Å². The van der Waals surface area contributed by atoms with E-state index < -0.39 is 60.2 Å². The van der Waals surface area contributed by atoms with Crippen molar-refractivity contribution in [2.24, 2.45) is 11.7 Å². The first-order chi connectivity index (χ1) is 14.9. The Morgan fingerprint density at radius 1 is 1.19 bits per heavy atom. The van der Waals surface area contributed by atoms with E-state index in [1.54, 1.807) is 34.6 Å². The van der Waals surface area contributed by atoms with Crippen LogP contribution in [0.2, 0.25) is 0 Å². The minimum atomic E-state index is -1.05. The summed E-state index contributed by atoms with van der Waals surface area (Å²) in [6, 6.07) is 8.19. The number of carbonyl (C=O) groups excluding carboxylic acids is 2. The zero-order valence-corrected chi connectivity index (χ0v) is 19.3. The number of benzene rings is 1. The summed E-state index contributed by atoms with van der Waals surface area (Å²) in [5.41, 5.74) is 5.80. The molecule has 0 spiro atoms. The largest absolute Gasteiger partial charge is 0.444 e. The lowest BCUT2D eigenvalue weighted by Gasteiger charge is -2.37. The molecule has 0 saturated carbocycles. The summed E-state index contributed by atoms with van der Waals surface area (Å²) in [6.07, 6.45) is -1.89. The van der Waals surface area contributed by atoms with E-state index in [2.05, 4.69) is 0 Å². The van der Waals surface area contributed by atoms with Crippen LogP contribution < -0.4 is 5.73 Å². The van der Waals surface area contributed by atoms with Gasteiger partial charge in [-0.25, -0.2) is 4.79 Å². The van der Waals surface area contributed by atoms with E-state index in [9.17, 15) is 14.7 Å². The molecule has 5 unspecified atom stereocenters. The van der Waals surface area contributed by atoms with Crippen molar-refractivity contribution in [1.82, 2.24) is 4.90 Å². The van der Waals surface area contributed by atoms with Gasteiger partial charge in [0.25, 0.3) is 0 Å². The van der Waals surface area contributed by atoms with Gasteiger partial charge in [0.15, 0.2) is 5.79 Å². The zero-order chi connectivity index (χ0) is 23.7. The van der Waals surface area contributed by atoms with Crippen molar-refractivity contribution in [3.05, 3.63) is 35.9 Å². The summed E-state index contributed by atoms with van der Waals surface area (Å²) in [5.74, 6) is -2.71. The number of fused-ring (bicyclic) bond motifs is 1. The van der Waals surface area contributed by atoms with E-state index in [1.165, 1.54) is 4.90 Å². The van der Waals surface area contributed by atoms with Crippen molar-refractivity contribution in [3.63, 3.8) is 0 Å². The van der Waals surface area contributed by atoms with Gasteiger partial charge >= 0.3 is 6.09 Å². The lowest BCUT2D eigenvalue weighted by Crippen LogP contribution is -2.55. The van der Waals surface area contributed by atoms with Crippen LogP contribution in [0.4, 0.5) is 4.79 Å². The maximum atomic E-state index is 13.3. The van der Waals surface area contributed by atoms with Crippen molar-refractivity contribution < 1.29 is 33.6 Å². The summed E-state index contributed by atoms with van der Waals surface area (Å²) >= 11 is 0. The van der Waals surface area contributed by atoms with Crippen molar-refractivity contribution in [3.8, 4) is 0 Å². The van der Waals surface area contributed by atoms with Gasteiger partial charge in [-0.1, -0.05) is 30.3 Å². The van der Waals surface area contributed by atoms with Gasteiger partial charge in [-0.2, -0.15) is 0 Å². The second-order valence-electron chi connectivity index (χ2n) is 9.70. The number of hydrogen-bond acceptors (Lipinski definition) is 7. The summed E-state index contributed by atoms with van der Waals surface area (Å²) < 4.78 is 23.8. The van der Waals surface area contributed by atoms with Gasteiger partial charge in [-0.3, -0.25) is 9.69 Å². The van der Waals surface area contributed by atoms with E-state index in [-0.39, 0.29) is 6.61 Å². The predicted octanol–water partition coefficient (Wildman–Crippen LogP) is 1.80. The highest BCUT2D eigenvalue weighted by molar-refractivity contribution is 5.79. The number of primary amides is 1. The first-order valence-corrected chi connectivity index (χ1v) is 10.8. The molecule has 2 aliphatic heterocycles.